The monoisotopic (exact) mass is 247 g/mol. The van der Waals surface area contributed by atoms with Crippen molar-refractivity contribution in [3.63, 3.8) is 0 Å². The summed E-state index contributed by atoms with van der Waals surface area (Å²) in [5, 5.41) is 18.1. The highest BCUT2D eigenvalue weighted by Gasteiger charge is 1.98. The molecule has 0 fully saturated rings. The predicted octanol–water partition coefficient (Wildman–Crippen LogP) is 2.05. The van der Waals surface area contributed by atoms with Crippen molar-refractivity contribution in [3.05, 3.63) is 24.3 Å². The number of halogens is 1. The molecule has 1 rings (SSSR count). The normalized spacial score (nSPS) is 9.77. The lowest BCUT2D eigenvalue weighted by Crippen LogP contribution is -2.10. The van der Waals surface area contributed by atoms with Gasteiger partial charge >= 0.3 is 0 Å². The average Bonchev–Trinajstić information content (AvgIpc) is 2.15. The Bertz CT molecular complexity index is 250. The van der Waals surface area contributed by atoms with E-state index >= 15 is 0 Å². The zero-order valence-electron chi connectivity index (χ0n) is 6.85. The number of anilines is 1. The third-order valence-electron chi connectivity index (χ3n) is 1.41. The van der Waals surface area contributed by atoms with Gasteiger partial charge in [-0.3, -0.25) is 10.4 Å². The molecule has 0 saturated carbocycles. The summed E-state index contributed by atoms with van der Waals surface area (Å²) in [6.45, 7) is 0.585. The Labute approximate surface area is 84.4 Å². The van der Waals surface area contributed by atoms with E-state index in [4.69, 9.17) is 15.2 Å². The van der Waals surface area contributed by atoms with Crippen LogP contribution in [0.2, 0.25) is 0 Å². The van der Waals surface area contributed by atoms with Crippen molar-refractivity contribution in [2.75, 3.05) is 17.2 Å². The molecule has 0 aliphatic rings. The summed E-state index contributed by atoms with van der Waals surface area (Å²) >= 11 is 3.23. The van der Waals surface area contributed by atoms with Crippen LogP contribution in [-0.2, 0) is 0 Å². The summed E-state index contributed by atoms with van der Waals surface area (Å²) in [4.78, 5) is 0. The van der Waals surface area contributed by atoms with Gasteiger partial charge in [0, 0.05) is 5.33 Å². The maximum Gasteiger partial charge on any atom is 0.119 e. The van der Waals surface area contributed by atoms with Gasteiger partial charge in [0.05, 0.1) is 12.3 Å². The van der Waals surface area contributed by atoms with E-state index in [1.165, 1.54) is 0 Å². The molecule has 1 aromatic carbocycles. The van der Waals surface area contributed by atoms with Gasteiger partial charge in [-0.25, -0.2) is 0 Å². The van der Waals surface area contributed by atoms with Gasteiger partial charge in [-0.05, 0) is 24.3 Å². The topological polar surface area (TPSA) is 52.9 Å². The second kappa shape index (κ2) is 5.06. The highest BCUT2D eigenvalue weighted by molar-refractivity contribution is 9.09. The Kier molecular flexibility index (Phi) is 4.01. The van der Waals surface area contributed by atoms with E-state index in [1.54, 1.807) is 24.3 Å². The Morgan fingerprint density at radius 1 is 1.23 bits per heavy atom. The van der Waals surface area contributed by atoms with E-state index in [2.05, 4.69) is 15.9 Å². The molecule has 0 spiro atoms. The third-order valence-corrected chi connectivity index (χ3v) is 1.74. The number of hydrogen-bond acceptors (Lipinski definition) is 4. The quantitative estimate of drug-likeness (QED) is 0.632. The Balaban J connectivity index is 2.59. The first-order chi connectivity index (χ1) is 6.24. The minimum atomic E-state index is 0.0638. The molecule has 72 valence electrons. The SMILES string of the molecule is ON(O)c1ccc(OCCBr)cc1. The van der Waals surface area contributed by atoms with Crippen molar-refractivity contribution < 1.29 is 15.2 Å². The van der Waals surface area contributed by atoms with Gasteiger partial charge in [-0.15, -0.1) is 5.23 Å². The van der Waals surface area contributed by atoms with Gasteiger partial charge in [0.2, 0.25) is 0 Å². The maximum atomic E-state index is 8.63. The highest BCUT2D eigenvalue weighted by Crippen LogP contribution is 2.17. The molecular weight excluding hydrogens is 238 g/mol. The van der Waals surface area contributed by atoms with Gasteiger partial charge in [-0.2, -0.15) is 0 Å². The molecule has 0 unspecified atom stereocenters. The second-order valence-electron chi connectivity index (χ2n) is 2.32. The zero-order valence-corrected chi connectivity index (χ0v) is 8.44. The minimum Gasteiger partial charge on any atom is -0.493 e. The summed E-state index contributed by atoms with van der Waals surface area (Å²) in [6, 6.07) is 6.42. The lowest BCUT2D eigenvalue weighted by molar-refractivity contribution is 0.0291. The first kappa shape index (κ1) is 10.3. The van der Waals surface area contributed by atoms with Crippen LogP contribution in [0.15, 0.2) is 24.3 Å². The van der Waals surface area contributed by atoms with E-state index < -0.39 is 0 Å². The molecule has 0 atom stereocenters. The number of hydrogen-bond donors (Lipinski definition) is 2. The van der Waals surface area contributed by atoms with Gasteiger partial charge < -0.3 is 4.74 Å². The van der Waals surface area contributed by atoms with E-state index in [1.807, 2.05) is 0 Å². The van der Waals surface area contributed by atoms with Crippen molar-refractivity contribution in [2.24, 2.45) is 0 Å². The first-order valence-electron chi connectivity index (χ1n) is 3.71. The van der Waals surface area contributed by atoms with Gasteiger partial charge in [-0.1, -0.05) is 15.9 Å². The fraction of sp³-hybridized carbons (Fsp3) is 0.250. The zero-order chi connectivity index (χ0) is 9.68. The molecular formula is C8H10BrNO3. The van der Waals surface area contributed by atoms with Crippen LogP contribution >= 0.6 is 15.9 Å². The predicted molar refractivity (Wildman–Crippen MR) is 51.8 cm³/mol. The molecule has 0 amide bonds. The van der Waals surface area contributed by atoms with Crippen molar-refractivity contribution >= 4 is 21.6 Å². The van der Waals surface area contributed by atoms with Crippen LogP contribution < -0.4 is 9.96 Å². The molecule has 0 aromatic heterocycles. The third kappa shape index (κ3) is 3.22. The Hall–Kier alpha value is -0.780. The van der Waals surface area contributed by atoms with Gasteiger partial charge in [0.25, 0.3) is 0 Å². The van der Waals surface area contributed by atoms with Crippen LogP contribution in [0.3, 0.4) is 0 Å². The van der Waals surface area contributed by atoms with Crippen LogP contribution in [0.5, 0.6) is 5.75 Å². The molecule has 5 heteroatoms. The number of ether oxygens (including phenoxy) is 1. The maximum absolute atomic E-state index is 8.63. The molecule has 0 radical (unpaired) electrons. The highest BCUT2D eigenvalue weighted by atomic mass is 79.9. The molecule has 0 heterocycles. The van der Waals surface area contributed by atoms with Crippen LogP contribution in [0, 0.1) is 0 Å². The molecule has 4 nitrogen and oxygen atoms in total. The van der Waals surface area contributed by atoms with E-state index in [0.717, 1.165) is 5.33 Å². The molecule has 0 aliphatic carbocycles. The summed E-state index contributed by atoms with van der Waals surface area (Å²) in [5.74, 6) is 0.699. The standard InChI is InChI=1S/C8H10BrNO3/c9-5-6-13-8-3-1-7(2-4-8)10(11)12/h1-4,11-12H,5-6H2. The fourth-order valence-electron chi connectivity index (χ4n) is 0.832. The number of rotatable bonds is 4. The van der Waals surface area contributed by atoms with Crippen LogP contribution in [0.25, 0.3) is 0 Å². The molecule has 13 heavy (non-hydrogen) atoms. The number of alkyl halides is 1. The average molecular weight is 248 g/mol. The van der Waals surface area contributed by atoms with E-state index in [9.17, 15) is 0 Å². The van der Waals surface area contributed by atoms with Crippen LogP contribution in [-0.4, -0.2) is 22.4 Å². The molecule has 1 aromatic rings. The van der Waals surface area contributed by atoms with E-state index in [-0.39, 0.29) is 5.23 Å². The lowest BCUT2D eigenvalue weighted by Gasteiger charge is -2.08. The van der Waals surface area contributed by atoms with Crippen LogP contribution in [0.4, 0.5) is 5.69 Å². The molecule has 2 N–H and O–H groups in total. The number of nitrogens with zero attached hydrogens (tertiary/aromatic N) is 1. The smallest absolute Gasteiger partial charge is 0.119 e. The molecule has 0 bridgehead atoms. The number of benzene rings is 1. The van der Waals surface area contributed by atoms with Crippen molar-refractivity contribution in [3.8, 4) is 5.75 Å². The van der Waals surface area contributed by atoms with E-state index in [0.29, 0.717) is 18.0 Å². The molecule has 0 saturated heterocycles. The Morgan fingerprint density at radius 3 is 2.31 bits per heavy atom. The first-order valence-corrected chi connectivity index (χ1v) is 4.83. The minimum absolute atomic E-state index is 0.0638. The fourth-order valence-corrected chi connectivity index (χ4v) is 0.994. The lowest BCUT2D eigenvalue weighted by atomic mass is 10.3. The molecule has 0 aliphatic heterocycles. The summed E-state index contributed by atoms with van der Waals surface area (Å²) in [5.41, 5.74) is 0.297. The second-order valence-corrected chi connectivity index (χ2v) is 3.11. The van der Waals surface area contributed by atoms with Crippen LogP contribution in [0.1, 0.15) is 0 Å². The summed E-state index contributed by atoms with van der Waals surface area (Å²) in [6.07, 6.45) is 0. The summed E-state index contributed by atoms with van der Waals surface area (Å²) in [7, 11) is 0. The summed E-state index contributed by atoms with van der Waals surface area (Å²) < 4.78 is 5.26. The Morgan fingerprint density at radius 2 is 1.85 bits per heavy atom. The van der Waals surface area contributed by atoms with Gasteiger partial charge in [0.1, 0.15) is 5.75 Å². The van der Waals surface area contributed by atoms with Crippen molar-refractivity contribution in [1.29, 1.82) is 0 Å². The van der Waals surface area contributed by atoms with Gasteiger partial charge in [0.15, 0.2) is 0 Å². The van der Waals surface area contributed by atoms with Crippen molar-refractivity contribution in [2.45, 2.75) is 0 Å². The van der Waals surface area contributed by atoms with Crippen molar-refractivity contribution in [1.82, 2.24) is 0 Å². The largest absolute Gasteiger partial charge is 0.493 e.